The van der Waals surface area contributed by atoms with Gasteiger partial charge in [-0.25, -0.2) is 13.2 Å². The van der Waals surface area contributed by atoms with Crippen molar-refractivity contribution in [3.63, 3.8) is 0 Å². The summed E-state index contributed by atoms with van der Waals surface area (Å²) in [5.41, 5.74) is 3.07. The molecule has 0 heterocycles. The highest BCUT2D eigenvalue weighted by molar-refractivity contribution is 9.10. The summed E-state index contributed by atoms with van der Waals surface area (Å²) in [4.78, 5) is 12.0. The van der Waals surface area contributed by atoms with Gasteiger partial charge in [-0.3, -0.25) is 4.72 Å². The fourth-order valence-electron chi connectivity index (χ4n) is 3.21. The SMILES string of the molecule is COC(=O)C[NH2+][C@@H](c1ccccc1)c1cc(Br)ccc1NS(=O)(=O)c1ccc(C)cc1. The molecule has 0 spiro atoms. The maximum Gasteiger partial charge on any atom is 0.361 e. The lowest BCUT2D eigenvalue weighted by molar-refractivity contribution is -0.677. The summed E-state index contributed by atoms with van der Waals surface area (Å²) < 4.78 is 34.3. The third kappa shape index (κ3) is 5.94. The molecule has 3 aromatic rings. The van der Waals surface area contributed by atoms with Crippen molar-refractivity contribution in [2.75, 3.05) is 18.4 Å². The normalized spacial score (nSPS) is 12.2. The molecule has 0 radical (unpaired) electrons. The molecule has 162 valence electrons. The van der Waals surface area contributed by atoms with E-state index in [1.165, 1.54) is 7.11 Å². The highest BCUT2D eigenvalue weighted by atomic mass is 79.9. The van der Waals surface area contributed by atoms with Gasteiger partial charge in [-0.1, -0.05) is 64.0 Å². The topological polar surface area (TPSA) is 89.1 Å². The number of anilines is 1. The van der Waals surface area contributed by atoms with E-state index in [0.717, 1.165) is 21.2 Å². The van der Waals surface area contributed by atoms with Crippen molar-refractivity contribution in [2.24, 2.45) is 0 Å². The van der Waals surface area contributed by atoms with Crippen LogP contribution in [0, 0.1) is 6.92 Å². The fourth-order valence-corrected chi connectivity index (χ4v) is 4.67. The van der Waals surface area contributed by atoms with Gasteiger partial charge in [0.2, 0.25) is 0 Å². The first-order valence-corrected chi connectivity index (χ1v) is 11.9. The molecule has 31 heavy (non-hydrogen) atoms. The molecule has 0 aromatic heterocycles. The molecule has 1 atom stereocenters. The molecular formula is C23H24BrN2O4S+. The standard InChI is InChI=1S/C23H23BrN2O4S/c1-16-8-11-19(12-9-16)31(28,29)26-21-13-10-18(24)14-20(21)23(25-15-22(27)30-2)17-6-4-3-5-7-17/h3-14,23,25-26H,15H2,1-2H3/p+1/t23-/m0/s1. The molecule has 0 bridgehead atoms. The Kier molecular flexibility index (Phi) is 7.48. The van der Waals surface area contributed by atoms with Gasteiger partial charge in [0, 0.05) is 15.6 Å². The predicted molar refractivity (Wildman–Crippen MR) is 123 cm³/mol. The monoisotopic (exact) mass is 503 g/mol. The molecule has 0 saturated carbocycles. The molecule has 3 N–H and O–H groups in total. The van der Waals surface area contributed by atoms with E-state index in [9.17, 15) is 13.2 Å². The maximum absolute atomic E-state index is 13.0. The summed E-state index contributed by atoms with van der Waals surface area (Å²) in [7, 11) is -2.45. The minimum absolute atomic E-state index is 0.0900. The molecule has 0 unspecified atom stereocenters. The first-order chi connectivity index (χ1) is 14.8. The number of carbonyl (C=O) groups is 1. The Balaban J connectivity index is 2.03. The summed E-state index contributed by atoms with van der Waals surface area (Å²) in [6, 6.07) is 21.3. The van der Waals surface area contributed by atoms with E-state index in [1.807, 2.05) is 48.6 Å². The molecule has 3 rings (SSSR count). The minimum atomic E-state index is -3.79. The Morgan fingerprint density at radius 2 is 1.74 bits per heavy atom. The van der Waals surface area contributed by atoms with Crippen molar-refractivity contribution >= 4 is 37.6 Å². The summed E-state index contributed by atoms with van der Waals surface area (Å²) in [6.45, 7) is 1.99. The zero-order valence-corrected chi connectivity index (χ0v) is 19.6. The largest absolute Gasteiger partial charge is 0.465 e. The Hall–Kier alpha value is -2.68. The van der Waals surface area contributed by atoms with Gasteiger partial charge in [0.1, 0.15) is 6.04 Å². The predicted octanol–water partition coefficient (Wildman–Crippen LogP) is 3.38. The number of sulfonamides is 1. The van der Waals surface area contributed by atoms with Crippen molar-refractivity contribution in [2.45, 2.75) is 17.9 Å². The van der Waals surface area contributed by atoms with Gasteiger partial charge in [-0.2, -0.15) is 0 Å². The van der Waals surface area contributed by atoms with Gasteiger partial charge in [0.15, 0.2) is 6.54 Å². The number of quaternary nitrogens is 1. The number of ether oxygens (including phenoxy) is 1. The first-order valence-electron chi connectivity index (χ1n) is 9.64. The van der Waals surface area contributed by atoms with E-state index in [0.29, 0.717) is 5.69 Å². The average molecular weight is 504 g/mol. The van der Waals surface area contributed by atoms with E-state index in [-0.39, 0.29) is 23.5 Å². The number of benzene rings is 3. The number of methoxy groups -OCH3 is 1. The molecule has 0 aliphatic carbocycles. The lowest BCUT2D eigenvalue weighted by Crippen LogP contribution is -2.87. The van der Waals surface area contributed by atoms with Crippen LogP contribution in [0.4, 0.5) is 5.69 Å². The van der Waals surface area contributed by atoms with Crippen molar-refractivity contribution in [3.05, 3.63) is 94.0 Å². The smallest absolute Gasteiger partial charge is 0.361 e. The minimum Gasteiger partial charge on any atom is -0.465 e. The Labute approximate surface area is 190 Å². The molecule has 0 aliphatic rings. The fraction of sp³-hybridized carbons (Fsp3) is 0.174. The Morgan fingerprint density at radius 1 is 1.06 bits per heavy atom. The summed E-state index contributed by atoms with van der Waals surface area (Å²) >= 11 is 3.48. The van der Waals surface area contributed by atoms with Gasteiger partial charge in [0.05, 0.1) is 17.7 Å². The van der Waals surface area contributed by atoms with Gasteiger partial charge in [0.25, 0.3) is 10.0 Å². The Morgan fingerprint density at radius 3 is 2.39 bits per heavy atom. The van der Waals surface area contributed by atoms with E-state index >= 15 is 0 Å². The second-order valence-corrected chi connectivity index (χ2v) is 9.65. The number of nitrogens with one attached hydrogen (secondary N) is 1. The highest BCUT2D eigenvalue weighted by Gasteiger charge is 2.25. The molecule has 6 nitrogen and oxygen atoms in total. The van der Waals surface area contributed by atoms with E-state index in [1.54, 1.807) is 36.4 Å². The van der Waals surface area contributed by atoms with Gasteiger partial charge in [-0.15, -0.1) is 0 Å². The van der Waals surface area contributed by atoms with Crippen molar-refractivity contribution in [1.29, 1.82) is 0 Å². The van der Waals surface area contributed by atoms with Crippen LogP contribution in [0.15, 0.2) is 82.2 Å². The number of rotatable bonds is 8. The first kappa shape index (κ1) is 23.0. The molecular weight excluding hydrogens is 480 g/mol. The van der Waals surface area contributed by atoms with Crippen LogP contribution in [-0.2, 0) is 19.6 Å². The molecule has 0 aliphatic heterocycles. The number of halogens is 1. The lowest BCUT2D eigenvalue weighted by Gasteiger charge is -2.20. The summed E-state index contributed by atoms with van der Waals surface area (Å²) in [5, 5.41) is 1.83. The molecule has 0 fully saturated rings. The Bertz CT molecular complexity index is 1150. The number of hydrogen-bond acceptors (Lipinski definition) is 4. The van der Waals surface area contributed by atoms with Gasteiger partial charge >= 0.3 is 5.97 Å². The quantitative estimate of drug-likeness (QED) is 0.461. The van der Waals surface area contributed by atoms with E-state index in [4.69, 9.17) is 4.74 Å². The molecule has 0 amide bonds. The second kappa shape index (κ2) is 10.1. The van der Waals surface area contributed by atoms with E-state index in [2.05, 4.69) is 20.7 Å². The summed E-state index contributed by atoms with van der Waals surface area (Å²) in [6.07, 6.45) is 0. The zero-order valence-electron chi connectivity index (χ0n) is 17.2. The third-order valence-electron chi connectivity index (χ3n) is 4.83. The van der Waals surface area contributed by atoms with Gasteiger partial charge in [-0.05, 0) is 37.3 Å². The van der Waals surface area contributed by atoms with Crippen LogP contribution in [0.5, 0.6) is 0 Å². The molecule has 8 heteroatoms. The van der Waals surface area contributed by atoms with Crippen LogP contribution in [0.2, 0.25) is 0 Å². The second-order valence-electron chi connectivity index (χ2n) is 7.05. The molecule has 3 aromatic carbocycles. The van der Waals surface area contributed by atoms with Crippen LogP contribution >= 0.6 is 15.9 Å². The zero-order chi connectivity index (χ0) is 22.4. The number of nitrogens with two attached hydrogens (primary N) is 1. The van der Waals surface area contributed by atoms with Gasteiger partial charge < -0.3 is 10.1 Å². The van der Waals surface area contributed by atoms with E-state index < -0.39 is 10.0 Å². The highest BCUT2D eigenvalue weighted by Crippen LogP contribution is 2.30. The van der Waals surface area contributed by atoms with Crippen molar-refractivity contribution in [3.8, 4) is 0 Å². The van der Waals surface area contributed by atoms with Crippen molar-refractivity contribution in [1.82, 2.24) is 0 Å². The maximum atomic E-state index is 13.0. The number of carbonyl (C=O) groups excluding carboxylic acids is 1. The van der Waals surface area contributed by atoms with Crippen LogP contribution in [0.25, 0.3) is 0 Å². The molecule has 0 saturated heterocycles. The van der Waals surface area contributed by atoms with Crippen molar-refractivity contribution < 1.29 is 23.3 Å². The summed E-state index contributed by atoms with van der Waals surface area (Å²) in [5.74, 6) is -0.363. The number of hydrogen-bond donors (Lipinski definition) is 2. The number of esters is 1. The van der Waals surface area contributed by atoms with Crippen LogP contribution < -0.4 is 10.0 Å². The third-order valence-corrected chi connectivity index (χ3v) is 6.71. The van der Waals surface area contributed by atoms with Crippen LogP contribution in [0.3, 0.4) is 0 Å². The average Bonchev–Trinajstić information content (AvgIpc) is 2.76. The van der Waals surface area contributed by atoms with Crippen LogP contribution in [0.1, 0.15) is 22.7 Å². The van der Waals surface area contributed by atoms with Crippen LogP contribution in [-0.4, -0.2) is 28.0 Å². The number of aryl methyl sites for hydroxylation is 1. The lowest BCUT2D eigenvalue weighted by atomic mass is 9.97.